The molecule has 0 atom stereocenters. The number of carbonyl (C=O) groups excluding carboxylic acids is 1. The normalized spacial score (nSPS) is 17.5. The van der Waals surface area contributed by atoms with Gasteiger partial charge in [0.2, 0.25) is 5.13 Å². The highest BCUT2D eigenvalue weighted by molar-refractivity contribution is 7.15. The molecule has 108 valence electrons. The van der Waals surface area contributed by atoms with E-state index in [2.05, 4.69) is 25.8 Å². The van der Waals surface area contributed by atoms with E-state index in [1.807, 2.05) is 6.07 Å². The van der Waals surface area contributed by atoms with Gasteiger partial charge in [-0.15, -0.1) is 10.2 Å². The van der Waals surface area contributed by atoms with E-state index < -0.39 is 0 Å². The van der Waals surface area contributed by atoms with Crippen molar-refractivity contribution in [2.75, 3.05) is 10.6 Å². The van der Waals surface area contributed by atoms with E-state index in [1.165, 1.54) is 37.0 Å². The van der Waals surface area contributed by atoms with Gasteiger partial charge < -0.3 is 5.32 Å². The molecule has 2 aliphatic carbocycles. The quantitative estimate of drug-likeness (QED) is 0.887. The van der Waals surface area contributed by atoms with Crippen molar-refractivity contribution < 1.29 is 4.79 Å². The van der Waals surface area contributed by atoms with Gasteiger partial charge in [0, 0.05) is 18.2 Å². The summed E-state index contributed by atoms with van der Waals surface area (Å²) in [5, 5.41) is 15.8. The Hall–Kier alpha value is -2.02. The maximum Gasteiger partial charge on any atom is 0.259 e. The second-order valence-electron chi connectivity index (χ2n) is 5.52. The molecule has 4 rings (SSSR count). The second-order valence-corrected chi connectivity index (χ2v) is 6.53. The molecule has 6 nitrogen and oxygen atoms in total. The molecule has 0 radical (unpaired) electrons. The highest BCUT2D eigenvalue weighted by Gasteiger charge is 2.27. The molecule has 2 N–H and O–H groups in total. The Morgan fingerprint density at radius 2 is 2.05 bits per heavy atom. The largest absolute Gasteiger partial charge is 0.367 e. The number of carbonyl (C=O) groups is 1. The van der Waals surface area contributed by atoms with Crippen LogP contribution in [0.15, 0.2) is 18.3 Å². The number of nitrogens with one attached hydrogen (secondary N) is 2. The van der Waals surface area contributed by atoms with Crippen LogP contribution in [0.25, 0.3) is 0 Å². The summed E-state index contributed by atoms with van der Waals surface area (Å²) in [6, 6.07) is 4.16. The third kappa shape index (κ3) is 3.02. The minimum atomic E-state index is -0.195. The molecule has 2 aromatic rings. The van der Waals surface area contributed by atoms with Crippen molar-refractivity contribution in [3.8, 4) is 0 Å². The highest BCUT2D eigenvalue weighted by atomic mass is 32.1. The van der Waals surface area contributed by atoms with E-state index in [-0.39, 0.29) is 5.91 Å². The lowest BCUT2D eigenvalue weighted by Gasteiger charge is -2.04. The van der Waals surface area contributed by atoms with Gasteiger partial charge in [0.05, 0.1) is 5.56 Å². The summed E-state index contributed by atoms with van der Waals surface area (Å²) in [5.74, 6) is 1.18. The zero-order valence-corrected chi connectivity index (χ0v) is 12.2. The Labute approximate surface area is 126 Å². The van der Waals surface area contributed by atoms with Crippen molar-refractivity contribution in [3.63, 3.8) is 0 Å². The van der Waals surface area contributed by atoms with Gasteiger partial charge in [0.25, 0.3) is 5.91 Å². The number of amides is 1. The molecule has 2 aliphatic rings. The number of nitrogens with zero attached hydrogens (tertiary/aromatic N) is 3. The van der Waals surface area contributed by atoms with Gasteiger partial charge in [-0.05, 0) is 37.8 Å². The van der Waals surface area contributed by atoms with Crippen LogP contribution in [0.3, 0.4) is 0 Å². The summed E-state index contributed by atoms with van der Waals surface area (Å²) >= 11 is 1.46. The minimum absolute atomic E-state index is 0.195. The van der Waals surface area contributed by atoms with Crippen LogP contribution in [-0.4, -0.2) is 27.1 Å². The molecule has 0 bridgehead atoms. The van der Waals surface area contributed by atoms with Crippen molar-refractivity contribution in [1.82, 2.24) is 15.2 Å². The lowest BCUT2D eigenvalue weighted by Crippen LogP contribution is -2.12. The first-order chi connectivity index (χ1) is 10.3. The number of hydrogen-bond acceptors (Lipinski definition) is 6. The Morgan fingerprint density at radius 3 is 2.71 bits per heavy atom. The molecule has 0 unspecified atom stereocenters. The third-order valence-corrected chi connectivity index (χ3v) is 4.54. The highest BCUT2D eigenvalue weighted by Crippen LogP contribution is 2.42. The van der Waals surface area contributed by atoms with E-state index in [9.17, 15) is 4.79 Å². The monoisotopic (exact) mass is 301 g/mol. The fraction of sp³-hybridized carbons (Fsp3) is 0.429. The molecule has 2 saturated carbocycles. The van der Waals surface area contributed by atoms with Crippen LogP contribution in [0.1, 0.15) is 47.0 Å². The lowest BCUT2D eigenvalue weighted by molar-refractivity contribution is 0.102. The first-order valence-electron chi connectivity index (χ1n) is 7.15. The van der Waals surface area contributed by atoms with Crippen LogP contribution < -0.4 is 10.6 Å². The molecule has 2 fully saturated rings. The number of rotatable bonds is 5. The summed E-state index contributed by atoms with van der Waals surface area (Å²) in [4.78, 5) is 16.4. The molecule has 0 saturated heterocycles. The van der Waals surface area contributed by atoms with E-state index in [0.717, 1.165) is 10.8 Å². The van der Waals surface area contributed by atoms with Crippen LogP contribution in [0.5, 0.6) is 0 Å². The van der Waals surface area contributed by atoms with Crippen molar-refractivity contribution in [3.05, 3.63) is 28.9 Å². The average molecular weight is 301 g/mol. The predicted octanol–water partition coefficient (Wildman–Crippen LogP) is 2.64. The van der Waals surface area contributed by atoms with Crippen LogP contribution in [0.2, 0.25) is 0 Å². The maximum atomic E-state index is 12.1. The lowest BCUT2D eigenvalue weighted by atomic mass is 10.2. The summed E-state index contributed by atoms with van der Waals surface area (Å²) < 4.78 is 0. The van der Waals surface area contributed by atoms with Gasteiger partial charge in [-0.1, -0.05) is 11.3 Å². The first-order valence-corrected chi connectivity index (χ1v) is 7.97. The topological polar surface area (TPSA) is 79.8 Å². The Kier molecular flexibility index (Phi) is 3.07. The summed E-state index contributed by atoms with van der Waals surface area (Å²) in [6.45, 7) is 0. The Balaban J connectivity index is 1.40. The fourth-order valence-electron chi connectivity index (χ4n) is 2.00. The van der Waals surface area contributed by atoms with Crippen molar-refractivity contribution >= 4 is 28.2 Å². The summed E-state index contributed by atoms with van der Waals surface area (Å²) in [6.07, 6.45) is 6.35. The first kappa shape index (κ1) is 12.7. The molecular weight excluding hydrogens is 286 g/mol. The SMILES string of the molecule is O=C(Nc1nnc(C2CC2)s1)c1ccc(NC2CC2)nc1. The molecule has 7 heteroatoms. The number of aromatic nitrogens is 3. The predicted molar refractivity (Wildman–Crippen MR) is 80.7 cm³/mol. The zero-order valence-electron chi connectivity index (χ0n) is 11.4. The van der Waals surface area contributed by atoms with Crippen molar-refractivity contribution in [2.24, 2.45) is 0 Å². The molecule has 0 aromatic carbocycles. The number of anilines is 2. The molecule has 2 heterocycles. The van der Waals surface area contributed by atoms with Crippen LogP contribution in [0, 0.1) is 0 Å². The molecule has 0 spiro atoms. The van der Waals surface area contributed by atoms with E-state index in [0.29, 0.717) is 22.7 Å². The molecule has 2 aromatic heterocycles. The molecular formula is C14H15N5OS. The van der Waals surface area contributed by atoms with Gasteiger partial charge >= 0.3 is 0 Å². The smallest absolute Gasteiger partial charge is 0.259 e. The van der Waals surface area contributed by atoms with Crippen LogP contribution in [0.4, 0.5) is 10.9 Å². The summed E-state index contributed by atoms with van der Waals surface area (Å²) in [5.41, 5.74) is 0.527. The second kappa shape index (κ2) is 5.07. The Bertz CT molecular complexity index is 660. The number of hydrogen-bond donors (Lipinski definition) is 2. The third-order valence-electron chi connectivity index (χ3n) is 3.54. The van der Waals surface area contributed by atoms with Gasteiger partial charge in [0.1, 0.15) is 10.8 Å². The molecule has 21 heavy (non-hydrogen) atoms. The van der Waals surface area contributed by atoms with E-state index >= 15 is 0 Å². The maximum absolute atomic E-state index is 12.1. The number of pyridine rings is 1. The van der Waals surface area contributed by atoms with Crippen molar-refractivity contribution in [2.45, 2.75) is 37.6 Å². The van der Waals surface area contributed by atoms with Gasteiger partial charge in [-0.25, -0.2) is 4.98 Å². The fourth-order valence-corrected chi connectivity index (χ4v) is 2.91. The Morgan fingerprint density at radius 1 is 1.19 bits per heavy atom. The summed E-state index contributed by atoms with van der Waals surface area (Å²) in [7, 11) is 0. The standard InChI is InChI=1S/C14H15N5OS/c20-12(17-14-19-18-13(21-14)8-1-2-8)9-3-6-11(15-7-9)16-10-4-5-10/h3,6-8,10H,1-2,4-5H2,(H,15,16)(H,17,19,20). The molecule has 0 aliphatic heterocycles. The van der Waals surface area contributed by atoms with Crippen LogP contribution in [-0.2, 0) is 0 Å². The van der Waals surface area contributed by atoms with Gasteiger partial charge in [-0.3, -0.25) is 10.1 Å². The molecule has 1 amide bonds. The zero-order chi connectivity index (χ0) is 14.2. The van der Waals surface area contributed by atoms with Gasteiger partial charge in [-0.2, -0.15) is 0 Å². The van der Waals surface area contributed by atoms with Crippen molar-refractivity contribution in [1.29, 1.82) is 0 Å². The van der Waals surface area contributed by atoms with Crippen LogP contribution >= 0.6 is 11.3 Å². The van der Waals surface area contributed by atoms with Gasteiger partial charge in [0.15, 0.2) is 0 Å². The minimum Gasteiger partial charge on any atom is -0.367 e. The average Bonchev–Trinajstić information content (AvgIpc) is 3.41. The van der Waals surface area contributed by atoms with E-state index in [4.69, 9.17) is 0 Å². The van der Waals surface area contributed by atoms with E-state index in [1.54, 1.807) is 12.3 Å².